The molecule has 41 heavy (non-hydrogen) atoms. The van der Waals surface area contributed by atoms with Crippen LogP contribution in [0.2, 0.25) is 0 Å². The van der Waals surface area contributed by atoms with E-state index in [0.717, 1.165) is 4.90 Å². The molecule has 1 rings (SSSR count). The number of likely N-dealkylation sites (tertiary alicyclic amines) is 1. The number of hydrogen-bond acceptors (Lipinski definition) is 9. The summed E-state index contributed by atoms with van der Waals surface area (Å²) in [5.74, 6) is -2.13. The molecule has 0 radical (unpaired) electrons. The largest absolute Gasteiger partial charge is 0.379 e. The number of rotatable bonds is 21. The van der Waals surface area contributed by atoms with Crippen molar-refractivity contribution < 1.29 is 43.0 Å². The fourth-order valence-corrected chi connectivity index (χ4v) is 3.86. The van der Waals surface area contributed by atoms with Gasteiger partial charge in [-0.25, -0.2) is 4.79 Å². The molecule has 1 fully saturated rings. The molecule has 2 atom stereocenters. The van der Waals surface area contributed by atoms with E-state index in [4.69, 9.17) is 15.2 Å². The molecule has 1 saturated heterocycles. The number of Topliss-reactive ketones (excluding diaryl/α,β-unsaturated/α-hetero) is 1. The van der Waals surface area contributed by atoms with Crippen molar-refractivity contribution in [2.45, 2.75) is 71.4 Å². The van der Waals surface area contributed by atoms with E-state index in [0.29, 0.717) is 12.8 Å². The van der Waals surface area contributed by atoms with Crippen LogP contribution in [-0.2, 0) is 38.2 Å². The number of nitrogens with zero attached hydrogens (tertiary/aromatic N) is 1. The summed E-state index contributed by atoms with van der Waals surface area (Å²) in [6, 6.07) is -2.26. The normalized spacial score (nSPS) is 14.5. The quantitative estimate of drug-likeness (QED) is 0.0801. The molecule has 15 heteroatoms. The minimum Gasteiger partial charge on any atom is -0.379 e. The Morgan fingerprint density at radius 2 is 1.49 bits per heavy atom. The van der Waals surface area contributed by atoms with Crippen LogP contribution in [-0.4, -0.2) is 104 Å². The highest BCUT2D eigenvalue weighted by Crippen LogP contribution is 2.11. The van der Waals surface area contributed by atoms with Gasteiger partial charge < -0.3 is 36.5 Å². The fourth-order valence-electron chi connectivity index (χ4n) is 3.86. The molecule has 6 N–H and O–H groups in total. The van der Waals surface area contributed by atoms with E-state index in [9.17, 15) is 33.6 Å². The standard InChI is InChI=1S/C26H44N6O9/c1-17(2)24(25(38)30-19(18(3)33)5-4-10-29-26(27)39)31-21(35)9-13-40-15-16-41-14-11-28-20(34)8-12-32-22(36)6-7-23(32)37/h17,19,24H,4-16H2,1-3H3,(H,28,34)(H,30,38)(H,31,35)(H3,27,29,39)/t19-,24-/m0/s1. The Kier molecular flexibility index (Phi) is 16.8. The summed E-state index contributed by atoms with van der Waals surface area (Å²) in [4.78, 5) is 83.8. The lowest BCUT2D eigenvalue weighted by molar-refractivity contribution is -0.138. The van der Waals surface area contributed by atoms with Gasteiger partial charge in [0.2, 0.25) is 29.5 Å². The van der Waals surface area contributed by atoms with Crippen LogP contribution < -0.4 is 27.0 Å². The van der Waals surface area contributed by atoms with Crippen LogP contribution in [0.4, 0.5) is 4.79 Å². The highest BCUT2D eigenvalue weighted by atomic mass is 16.5. The van der Waals surface area contributed by atoms with Crippen LogP contribution in [0.25, 0.3) is 0 Å². The monoisotopic (exact) mass is 584 g/mol. The fraction of sp³-hybridized carbons (Fsp3) is 0.731. The van der Waals surface area contributed by atoms with Crippen LogP contribution in [0, 0.1) is 5.92 Å². The van der Waals surface area contributed by atoms with Gasteiger partial charge in [0.15, 0.2) is 5.78 Å². The van der Waals surface area contributed by atoms with Gasteiger partial charge >= 0.3 is 6.03 Å². The highest BCUT2D eigenvalue weighted by Gasteiger charge is 2.29. The molecule has 1 aliphatic rings. The zero-order valence-corrected chi connectivity index (χ0v) is 24.1. The number of hydrogen-bond donors (Lipinski definition) is 5. The number of ketones is 1. The van der Waals surface area contributed by atoms with Crippen molar-refractivity contribution in [3.8, 4) is 0 Å². The molecule has 7 amide bonds. The maximum Gasteiger partial charge on any atom is 0.312 e. The minimum absolute atomic E-state index is 0.0174. The predicted molar refractivity (Wildman–Crippen MR) is 146 cm³/mol. The Morgan fingerprint density at radius 3 is 2.07 bits per heavy atom. The molecule has 15 nitrogen and oxygen atoms in total. The second-order valence-electron chi connectivity index (χ2n) is 9.91. The summed E-state index contributed by atoms with van der Waals surface area (Å²) >= 11 is 0. The molecule has 0 aliphatic carbocycles. The first-order valence-corrected chi connectivity index (χ1v) is 13.8. The molecule has 0 aromatic carbocycles. The maximum atomic E-state index is 12.8. The van der Waals surface area contributed by atoms with E-state index in [1.54, 1.807) is 13.8 Å². The molecule has 0 aromatic heterocycles. The first-order chi connectivity index (χ1) is 19.4. The van der Waals surface area contributed by atoms with Crippen LogP contribution >= 0.6 is 0 Å². The van der Waals surface area contributed by atoms with Crippen LogP contribution in [0.5, 0.6) is 0 Å². The Labute approximate surface area is 240 Å². The number of ether oxygens (including phenoxy) is 2. The first-order valence-electron chi connectivity index (χ1n) is 13.8. The van der Waals surface area contributed by atoms with Gasteiger partial charge in [-0.15, -0.1) is 0 Å². The molecule has 0 bridgehead atoms. The Hall–Kier alpha value is -3.59. The Morgan fingerprint density at radius 1 is 0.854 bits per heavy atom. The lowest BCUT2D eigenvalue weighted by atomic mass is 10.0. The average Bonchev–Trinajstić information content (AvgIpc) is 3.22. The van der Waals surface area contributed by atoms with Crippen molar-refractivity contribution in [3.63, 3.8) is 0 Å². The van der Waals surface area contributed by atoms with Crippen LogP contribution in [0.3, 0.4) is 0 Å². The molecule has 1 heterocycles. The SMILES string of the molecule is CC(=O)[C@H](CCCNC(N)=O)NC(=O)[C@@H](NC(=O)CCOCCOCCNC(=O)CCN1C(=O)CCC1=O)C(C)C. The summed E-state index contributed by atoms with van der Waals surface area (Å²) in [5, 5.41) is 10.4. The average molecular weight is 585 g/mol. The van der Waals surface area contributed by atoms with Crippen LogP contribution in [0.1, 0.15) is 59.3 Å². The van der Waals surface area contributed by atoms with E-state index in [1.807, 2.05) is 0 Å². The van der Waals surface area contributed by atoms with E-state index in [2.05, 4.69) is 21.3 Å². The first kappa shape index (κ1) is 35.4. The van der Waals surface area contributed by atoms with Crippen molar-refractivity contribution in [2.24, 2.45) is 11.7 Å². The van der Waals surface area contributed by atoms with Crippen molar-refractivity contribution in [3.05, 3.63) is 0 Å². The van der Waals surface area contributed by atoms with E-state index in [-0.39, 0.29) is 107 Å². The molecule has 0 aromatic rings. The van der Waals surface area contributed by atoms with Crippen molar-refractivity contribution >= 4 is 41.4 Å². The van der Waals surface area contributed by atoms with E-state index in [1.165, 1.54) is 6.92 Å². The maximum absolute atomic E-state index is 12.8. The Bertz CT molecular complexity index is 911. The second kappa shape index (κ2) is 19.5. The van der Waals surface area contributed by atoms with E-state index < -0.39 is 24.0 Å². The van der Waals surface area contributed by atoms with Gasteiger partial charge in [0, 0.05) is 45.3 Å². The van der Waals surface area contributed by atoms with E-state index >= 15 is 0 Å². The smallest absolute Gasteiger partial charge is 0.312 e. The van der Waals surface area contributed by atoms with Gasteiger partial charge in [-0.1, -0.05) is 13.8 Å². The summed E-state index contributed by atoms with van der Waals surface area (Å²) in [6.45, 7) is 6.32. The van der Waals surface area contributed by atoms with Gasteiger partial charge in [0.1, 0.15) is 6.04 Å². The number of carbonyl (C=O) groups is 7. The summed E-state index contributed by atoms with van der Waals surface area (Å²) in [5.41, 5.74) is 5.01. The topological polar surface area (TPSA) is 215 Å². The Balaban J connectivity index is 2.19. The molecule has 232 valence electrons. The zero-order chi connectivity index (χ0) is 30.8. The number of urea groups is 1. The second-order valence-corrected chi connectivity index (χ2v) is 9.91. The number of nitrogens with two attached hydrogens (primary N) is 1. The lowest BCUT2D eigenvalue weighted by Gasteiger charge is -2.24. The molecular formula is C26H44N6O9. The van der Waals surface area contributed by atoms with Gasteiger partial charge in [0.25, 0.3) is 0 Å². The third-order valence-corrected chi connectivity index (χ3v) is 6.17. The summed E-state index contributed by atoms with van der Waals surface area (Å²) in [7, 11) is 0. The summed E-state index contributed by atoms with van der Waals surface area (Å²) in [6.07, 6.45) is 1.19. The van der Waals surface area contributed by atoms with Gasteiger partial charge in [-0.2, -0.15) is 0 Å². The number of carbonyl (C=O) groups excluding carboxylic acids is 7. The predicted octanol–water partition coefficient (Wildman–Crippen LogP) is -1.27. The number of nitrogens with one attached hydrogen (secondary N) is 4. The van der Waals surface area contributed by atoms with Crippen molar-refractivity contribution in [1.29, 1.82) is 0 Å². The number of amides is 7. The van der Waals surface area contributed by atoms with Gasteiger partial charge in [-0.3, -0.25) is 33.7 Å². The molecular weight excluding hydrogens is 540 g/mol. The number of primary amides is 1. The third kappa shape index (κ3) is 15.1. The van der Waals surface area contributed by atoms with Gasteiger partial charge in [0.05, 0.1) is 32.5 Å². The molecule has 1 aliphatic heterocycles. The van der Waals surface area contributed by atoms with Crippen molar-refractivity contribution in [2.75, 3.05) is 46.1 Å². The molecule has 0 unspecified atom stereocenters. The zero-order valence-electron chi connectivity index (χ0n) is 24.1. The minimum atomic E-state index is -0.844. The van der Waals surface area contributed by atoms with Crippen LogP contribution in [0.15, 0.2) is 0 Å². The van der Waals surface area contributed by atoms with Gasteiger partial charge in [-0.05, 0) is 25.7 Å². The molecule has 0 saturated carbocycles. The lowest BCUT2D eigenvalue weighted by Crippen LogP contribution is -2.53. The summed E-state index contributed by atoms with van der Waals surface area (Å²) < 4.78 is 10.8. The number of imide groups is 1. The highest BCUT2D eigenvalue weighted by molar-refractivity contribution is 6.02. The molecule has 0 spiro atoms. The van der Waals surface area contributed by atoms with Crippen molar-refractivity contribution in [1.82, 2.24) is 26.2 Å². The third-order valence-electron chi connectivity index (χ3n) is 6.17.